The molecule has 0 unspecified atom stereocenters. The molecule has 11 heteroatoms. The zero-order chi connectivity index (χ0) is 26.2. The highest BCUT2D eigenvalue weighted by molar-refractivity contribution is 7.11. The maximum atomic E-state index is 14.4. The van der Waals surface area contributed by atoms with Gasteiger partial charge < -0.3 is 9.80 Å². The van der Waals surface area contributed by atoms with E-state index in [9.17, 15) is 27.2 Å². The lowest BCUT2D eigenvalue weighted by Crippen LogP contribution is -2.64. The van der Waals surface area contributed by atoms with Crippen molar-refractivity contribution in [3.8, 4) is 0 Å². The number of benzene rings is 2. The predicted molar refractivity (Wildman–Crippen MR) is 130 cm³/mol. The molecule has 0 radical (unpaired) electrons. The number of carbonyl (C=O) groups is 2. The number of rotatable bonds is 5. The zero-order valence-electron chi connectivity index (χ0n) is 19.7. The van der Waals surface area contributed by atoms with Crippen LogP contribution < -0.4 is 0 Å². The topological polar surface area (TPSA) is 56.8 Å². The summed E-state index contributed by atoms with van der Waals surface area (Å²) in [6.45, 7) is 3.74. The van der Waals surface area contributed by atoms with Gasteiger partial charge in [-0.25, -0.2) is 9.37 Å². The molecule has 194 valence electrons. The average molecular weight is 533 g/mol. The second-order valence-electron chi connectivity index (χ2n) is 9.21. The lowest BCUT2D eigenvalue weighted by molar-refractivity contribution is -0.137. The minimum absolute atomic E-state index is 0.0523. The normalized spacial score (nSPS) is 17.1. The van der Waals surface area contributed by atoms with Crippen molar-refractivity contribution >= 4 is 23.2 Å². The molecule has 6 nitrogen and oxygen atoms in total. The van der Waals surface area contributed by atoms with Crippen LogP contribution in [0.25, 0.3) is 0 Å². The molecule has 2 saturated heterocycles. The molecule has 37 heavy (non-hydrogen) atoms. The summed E-state index contributed by atoms with van der Waals surface area (Å²) in [6.07, 6.45) is -2.73. The second kappa shape index (κ2) is 10.2. The Balaban J connectivity index is 1.15. The maximum absolute atomic E-state index is 14.4. The Morgan fingerprint density at radius 2 is 1.65 bits per heavy atom. The molecule has 2 amide bonds. The van der Waals surface area contributed by atoms with Gasteiger partial charge in [-0.05, 0) is 41.5 Å². The number of alkyl halides is 3. The van der Waals surface area contributed by atoms with E-state index >= 15 is 0 Å². The quantitative estimate of drug-likeness (QED) is 0.463. The van der Waals surface area contributed by atoms with Gasteiger partial charge in [0.1, 0.15) is 5.82 Å². The number of hydrogen-bond acceptors (Lipinski definition) is 5. The molecular formula is C26H24F4N4O2S. The Bertz CT molecular complexity index is 1270. The van der Waals surface area contributed by atoms with Crippen LogP contribution in [0.15, 0.2) is 54.0 Å². The van der Waals surface area contributed by atoms with Crippen LogP contribution in [0.2, 0.25) is 0 Å². The second-order valence-corrected chi connectivity index (χ2v) is 10.1. The number of carbonyl (C=O) groups excluding carboxylic acids is 2. The minimum atomic E-state index is -4.43. The van der Waals surface area contributed by atoms with Crippen molar-refractivity contribution in [1.82, 2.24) is 19.7 Å². The largest absolute Gasteiger partial charge is 0.416 e. The van der Waals surface area contributed by atoms with Crippen LogP contribution in [-0.4, -0.2) is 76.8 Å². The smallest absolute Gasteiger partial charge is 0.335 e. The molecule has 0 spiro atoms. The van der Waals surface area contributed by atoms with Crippen LogP contribution in [0.4, 0.5) is 17.6 Å². The van der Waals surface area contributed by atoms with Crippen molar-refractivity contribution < 1.29 is 27.2 Å². The molecule has 3 aromatic rings. The molecular weight excluding hydrogens is 508 g/mol. The number of halogens is 4. The van der Waals surface area contributed by atoms with E-state index in [0.717, 1.165) is 25.2 Å². The van der Waals surface area contributed by atoms with E-state index in [-0.39, 0.29) is 29.8 Å². The highest BCUT2D eigenvalue weighted by Gasteiger charge is 2.37. The van der Waals surface area contributed by atoms with Gasteiger partial charge in [-0.2, -0.15) is 13.2 Å². The van der Waals surface area contributed by atoms with Crippen molar-refractivity contribution in [3.63, 3.8) is 0 Å². The summed E-state index contributed by atoms with van der Waals surface area (Å²) in [5, 5.41) is 2.27. The lowest BCUT2D eigenvalue weighted by Gasteiger charge is -2.48. The summed E-state index contributed by atoms with van der Waals surface area (Å²) in [6, 6.07) is 8.92. The van der Waals surface area contributed by atoms with Gasteiger partial charge in [0, 0.05) is 68.9 Å². The maximum Gasteiger partial charge on any atom is 0.416 e. The van der Waals surface area contributed by atoms with Crippen LogP contribution in [0.1, 0.15) is 36.9 Å². The summed E-state index contributed by atoms with van der Waals surface area (Å²) < 4.78 is 52.8. The molecule has 5 rings (SSSR count). The highest BCUT2D eigenvalue weighted by atomic mass is 32.1. The van der Waals surface area contributed by atoms with Gasteiger partial charge in [-0.3, -0.25) is 14.5 Å². The van der Waals surface area contributed by atoms with E-state index in [1.807, 2.05) is 0 Å². The molecule has 2 aromatic carbocycles. The van der Waals surface area contributed by atoms with Gasteiger partial charge in [0.05, 0.1) is 5.56 Å². The molecule has 0 N–H and O–H groups in total. The van der Waals surface area contributed by atoms with Crippen molar-refractivity contribution in [1.29, 1.82) is 0 Å². The van der Waals surface area contributed by atoms with Crippen molar-refractivity contribution in [2.24, 2.45) is 0 Å². The number of hydrogen-bond donors (Lipinski definition) is 0. The standard InChI is InChI=1S/C26H24F4N4O2S/c27-22-6-3-18(14-19(22)13-17-1-4-20(5-2-17)26(28,29)30)24(35)34-15-21(16-34)32-8-10-33(11-9-32)25(36)23-31-7-12-37-23/h1-7,12,14,21H,8-11,13,15-16H2. The number of likely N-dealkylation sites (tertiary alicyclic amines) is 1. The van der Waals surface area contributed by atoms with E-state index < -0.39 is 17.6 Å². The third-order valence-electron chi connectivity index (χ3n) is 6.85. The monoisotopic (exact) mass is 532 g/mol. The van der Waals surface area contributed by atoms with Crippen molar-refractivity contribution in [2.75, 3.05) is 39.3 Å². The summed E-state index contributed by atoms with van der Waals surface area (Å²) in [4.78, 5) is 35.3. The van der Waals surface area contributed by atoms with Crippen LogP contribution >= 0.6 is 11.3 Å². The fourth-order valence-corrected chi connectivity index (χ4v) is 5.27. The van der Waals surface area contributed by atoms with Crippen LogP contribution in [0.3, 0.4) is 0 Å². The molecule has 2 aliphatic heterocycles. The Hall–Kier alpha value is -3.31. The van der Waals surface area contributed by atoms with Crippen molar-refractivity contribution in [3.05, 3.63) is 87.1 Å². The van der Waals surface area contributed by atoms with Gasteiger partial charge in [0.15, 0.2) is 5.01 Å². The molecule has 1 aromatic heterocycles. The summed E-state index contributed by atoms with van der Waals surface area (Å²) >= 11 is 1.33. The predicted octanol–water partition coefficient (Wildman–Crippen LogP) is 4.17. The first kappa shape index (κ1) is 25.3. The van der Waals surface area contributed by atoms with Crippen LogP contribution in [0.5, 0.6) is 0 Å². The van der Waals surface area contributed by atoms with E-state index in [0.29, 0.717) is 42.3 Å². The van der Waals surface area contributed by atoms with Gasteiger partial charge in [0.2, 0.25) is 0 Å². The zero-order valence-corrected chi connectivity index (χ0v) is 20.6. The van der Waals surface area contributed by atoms with Gasteiger partial charge in [-0.15, -0.1) is 11.3 Å². The van der Waals surface area contributed by atoms with E-state index in [4.69, 9.17) is 0 Å². The Kier molecular flexibility index (Phi) is 7.00. The number of thiazole rings is 1. The molecule has 0 atom stereocenters. The first-order valence-electron chi connectivity index (χ1n) is 11.9. The van der Waals surface area contributed by atoms with Gasteiger partial charge in [-0.1, -0.05) is 12.1 Å². The lowest BCUT2D eigenvalue weighted by atomic mass is 9.99. The van der Waals surface area contributed by atoms with Crippen LogP contribution in [0, 0.1) is 5.82 Å². The number of aromatic nitrogens is 1. The fourth-order valence-electron chi connectivity index (χ4n) is 4.66. The van der Waals surface area contributed by atoms with Crippen LogP contribution in [-0.2, 0) is 12.6 Å². The molecule has 0 bridgehead atoms. The average Bonchev–Trinajstić information content (AvgIpc) is 3.39. The first-order chi connectivity index (χ1) is 17.7. The van der Waals surface area contributed by atoms with Gasteiger partial charge in [0.25, 0.3) is 11.8 Å². The van der Waals surface area contributed by atoms with E-state index in [1.165, 1.54) is 41.7 Å². The number of nitrogens with zero attached hydrogens (tertiary/aromatic N) is 4. The van der Waals surface area contributed by atoms with E-state index in [2.05, 4.69) is 9.88 Å². The molecule has 2 aliphatic rings. The van der Waals surface area contributed by atoms with Crippen molar-refractivity contribution in [2.45, 2.75) is 18.6 Å². The Labute approximate surface area is 215 Å². The first-order valence-corrected chi connectivity index (χ1v) is 12.7. The third kappa shape index (κ3) is 5.52. The fraction of sp³-hybridized carbons (Fsp3) is 0.346. The summed E-state index contributed by atoms with van der Waals surface area (Å²) in [5.74, 6) is -0.769. The molecule has 0 aliphatic carbocycles. The molecule has 3 heterocycles. The number of piperazine rings is 1. The molecule has 2 fully saturated rings. The third-order valence-corrected chi connectivity index (χ3v) is 7.61. The summed E-state index contributed by atoms with van der Waals surface area (Å²) in [5.41, 5.74) is 0.359. The van der Waals surface area contributed by atoms with E-state index in [1.54, 1.807) is 21.4 Å². The minimum Gasteiger partial charge on any atom is -0.335 e. The summed E-state index contributed by atoms with van der Waals surface area (Å²) in [7, 11) is 0. The Morgan fingerprint density at radius 1 is 0.946 bits per heavy atom. The highest BCUT2D eigenvalue weighted by Crippen LogP contribution is 2.30. The molecule has 0 saturated carbocycles. The SMILES string of the molecule is O=C(c1ccc(F)c(Cc2ccc(C(F)(F)F)cc2)c1)N1CC(N2CCN(C(=O)c3nccs3)CC2)C1. The Morgan fingerprint density at radius 3 is 2.27 bits per heavy atom. The number of amides is 2. The van der Waals surface area contributed by atoms with Gasteiger partial charge >= 0.3 is 6.18 Å².